The average Bonchev–Trinajstić information content (AvgIpc) is 1.65. The van der Waals surface area contributed by atoms with E-state index >= 15 is 0 Å². The summed E-state index contributed by atoms with van der Waals surface area (Å²) in [6.07, 6.45) is 0.219. The molecule has 0 spiro atoms. The van der Waals surface area contributed by atoms with Crippen molar-refractivity contribution in [3.8, 4) is 0 Å². The molecule has 0 N–H and O–H groups in total. The van der Waals surface area contributed by atoms with Crippen molar-refractivity contribution in [1.29, 1.82) is 0 Å². The molecule has 3 heteroatoms. The molecule has 0 saturated heterocycles. The molecular weight excluding hydrogens is 103 g/mol. The third-order valence-corrected chi connectivity index (χ3v) is 0.432. The molecule has 0 fully saturated rings. The van der Waals surface area contributed by atoms with Gasteiger partial charge in [-0.25, -0.2) is 0 Å². The summed E-state index contributed by atoms with van der Waals surface area (Å²) >= 11 is 0. The van der Waals surface area contributed by atoms with Crippen molar-refractivity contribution in [2.45, 2.75) is 6.42 Å². The molecule has 0 saturated carbocycles. The Kier molecular flexibility index (Phi) is 9.66. The molecule has 0 heterocycles. The Morgan fingerprint density at radius 2 is 2.29 bits per heavy atom. The van der Waals surface area contributed by atoms with Gasteiger partial charge in [-0.15, -0.1) is 0 Å². The van der Waals surface area contributed by atoms with Gasteiger partial charge in [-0.3, -0.25) is 4.79 Å². The zero-order chi connectivity index (χ0) is 4.99. The molecule has 0 unspecified atom stereocenters. The summed E-state index contributed by atoms with van der Waals surface area (Å²) in [6.45, 7) is 3.28. The summed E-state index contributed by atoms with van der Waals surface area (Å²) in [5, 5.41) is 0. The number of carbonyl (C=O) groups is 1. The first kappa shape index (κ1) is 10.5. The number of ether oxygens (including phenoxy) is 1. The molecule has 0 aliphatic rings. The number of carbonyl (C=O) groups excluding carboxylic acids is 1. The normalized spacial score (nSPS) is 6.57. The van der Waals surface area contributed by atoms with Gasteiger partial charge in [-0.2, -0.15) is 0 Å². The van der Waals surface area contributed by atoms with E-state index in [1.54, 1.807) is 0 Å². The molecule has 0 bridgehead atoms. The molecule has 0 aliphatic carbocycles. The number of methoxy groups -OCH3 is 1. The van der Waals surface area contributed by atoms with Crippen LogP contribution in [-0.4, -0.2) is 13.1 Å². The summed E-state index contributed by atoms with van der Waals surface area (Å²) in [5.74, 6) is -0.269. The molecule has 0 radical (unpaired) electrons. The van der Waals surface area contributed by atoms with Crippen LogP contribution in [0.1, 0.15) is 6.42 Å². The van der Waals surface area contributed by atoms with Crippen LogP contribution >= 0.6 is 0 Å². The zero-order valence-corrected chi connectivity index (χ0v) is 6.73. The summed E-state index contributed by atoms with van der Waals surface area (Å²) in [5.41, 5.74) is 0. The fourth-order valence-corrected chi connectivity index (χ4v) is 0.102. The molecule has 7 heavy (non-hydrogen) atoms. The zero-order valence-electron chi connectivity index (χ0n) is 4.73. The molecule has 2 nitrogen and oxygen atoms in total. The smallest absolute Gasteiger partial charge is 0.471 e. The van der Waals surface area contributed by atoms with E-state index in [1.807, 2.05) is 0 Å². The quantitative estimate of drug-likeness (QED) is 0.210. The predicted octanol–water partition coefficient (Wildman–Crippen LogP) is -2.61. The van der Waals surface area contributed by atoms with Crippen LogP contribution in [0, 0.1) is 6.92 Å². The maximum absolute atomic E-state index is 9.90. The topological polar surface area (TPSA) is 26.3 Å². The second-order valence-corrected chi connectivity index (χ2v) is 0.826. The Morgan fingerprint density at radius 3 is 2.29 bits per heavy atom. The fraction of sp³-hybridized carbons (Fsp3) is 0.500. The van der Waals surface area contributed by atoms with E-state index in [1.165, 1.54) is 7.11 Å². The Morgan fingerprint density at radius 1 is 1.86 bits per heavy atom. The van der Waals surface area contributed by atoms with E-state index < -0.39 is 0 Å². The minimum Gasteiger partial charge on any atom is -0.471 e. The molecule has 0 atom stereocenters. The van der Waals surface area contributed by atoms with Crippen molar-refractivity contribution in [2.24, 2.45) is 0 Å². The Hall–Kier alpha value is 0.470. The molecule has 0 aromatic carbocycles. The number of hydrogen-bond acceptors (Lipinski definition) is 2. The maximum Gasteiger partial charge on any atom is 1.00 e. The van der Waals surface area contributed by atoms with Gasteiger partial charge in [0.25, 0.3) is 5.97 Å². The largest absolute Gasteiger partial charge is 1.00 e. The second-order valence-electron chi connectivity index (χ2n) is 0.826. The van der Waals surface area contributed by atoms with Crippen LogP contribution in [0.25, 0.3) is 0 Å². The van der Waals surface area contributed by atoms with Crippen molar-refractivity contribution in [3.05, 3.63) is 6.92 Å². The van der Waals surface area contributed by atoms with Gasteiger partial charge in [0.1, 0.15) is 0 Å². The number of rotatable bonds is 1. The number of esters is 1. The van der Waals surface area contributed by atoms with Crippen LogP contribution < -0.4 is 29.6 Å². The van der Waals surface area contributed by atoms with E-state index in [0.29, 0.717) is 0 Å². The molecule has 36 valence electrons. The number of hydrogen-bond donors (Lipinski definition) is 0. The van der Waals surface area contributed by atoms with E-state index in [9.17, 15) is 4.79 Å². The monoisotopic (exact) mass is 110 g/mol. The SMILES string of the molecule is [CH2-]CC(=O)OC.[Na+]. The Labute approximate surface area is 65.5 Å². The van der Waals surface area contributed by atoms with E-state index in [-0.39, 0.29) is 41.9 Å². The third kappa shape index (κ3) is 6.47. The van der Waals surface area contributed by atoms with Crippen LogP contribution in [0.4, 0.5) is 0 Å². The molecular formula is C4H7NaO2. The van der Waals surface area contributed by atoms with Crippen LogP contribution in [0.3, 0.4) is 0 Å². The van der Waals surface area contributed by atoms with Crippen LogP contribution in [0.5, 0.6) is 0 Å². The first-order valence-corrected chi connectivity index (χ1v) is 1.67. The van der Waals surface area contributed by atoms with Crippen molar-refractivity contribution < 1.29 is 39.1 Å². The summed E-state index contributed by atoms with van der Waals surface area (Å²) in [4.78, 5) is 9.90. The first-order chi connectivity index (χ1) is 2.81. The van der Waals surface area contributed by atoms with Gasteiger partial charge < -0.3 is 11.7 Å². The van der Waals surface area contributed by atoms with Gasteiger partial charge in [0, 0.05) is 0 Å². The van der Waals surface area contributed by atoms with Gasteiger partial charge in [-0.05, 0) is 0 Å². The first-order valence-electron chi connectivity index (χ1n) is 1.67. The van der Waals surface area contributed by atoms with E-state index in [4.69, 9.17) is 0 Å². The van der Waals surface area contributed by atoms with Crippen molar-refractivity contribution in [3.63, 3.8) is 0 Å². The Balaban J connectivity index is 0. The van der Waals surface area contributed by atoms with Gasteiger partial charge in [0.15, 0.2) is 0 Å². The average molecular weight is 110 g/mol. The predicted molar refractivity (Wildman–Crippen MR) is 22.0 cm³/mol. The molecule has 0 aromatic rings. The second kappa shape index (κ2) is 6.47. The van der Waals surface area contributed by atoms with E-state index in [2.05, 4.69) is 11.7 Å². The van der Waals surface area contributed by atoms with E-state index in [0.717, 1.165) is 0 Å². The Bertz CT molecular complexity index is 47.7. The minimum absolute atomic E-state index is 0. The van der Waals surface area contributed by atoms with Crippen LogP contribution in [0.15, 0.2) is 0 Å². The van der Waals surface area contributed by atoms with Crippen molar-refractivity contribution >= 4 is 5.97 Å². The van der Waals surface area contributed by atoms with Gasteiger partial charge >= 0.3 is 29.6 Å². The van der Waals surface area contributed by atoms with Crippen molar-refractivity contribution in [1.82, 2.24) is 0 Å². The van der Waals surface area contributed by atoms with Gasteiger partial charge in [0.2, 0.25) is 0 Å². The molecule has 0 aliphatic heterocycles. The summed E-state index contributed by atoms with van der Waals surface area (Å²) in [6, 6.07) is 0. The molecule has 0 aromatic heterocycles. The van der Waals surface area contributed by atoms with Crippen LogP contribution in [0.2, 0.25) is 0 Å². The minimum atomic E-state index is -0.269. The van der Waals surface area contributed by atoms with Gasteiger partial charge in [0.05, 0.1) is 7.11 Å². The fourth-order valence-electron chi connectivity index (χ4n) is 0.102. The van der Waals surface area contributed by atoms with Gasteiger partial charge in [-0.1, -0.05) is 6.42 Å². The third-order valence-electron chi connectivity index (χ3n) is 0.432. The van der Waals surface area contributed by atoms with Crippen LogP contribution in [-0.2, 0) is 9.53 Å². The summed E-state index contributed by atoms with van der Waals surface area (Å²) < 4.78 is 4.20. The van der Waals surface area contributed by atoms with Crippen molar-refractivity contribution in [2.75, 3.05) is 7.11 Å². The molecule has 0 rings (SSSR count). The molecule has 0 amide bonds. The summed E-state index contributed by atoms with van der Waals surface area (Å²) in [7, 11) is 1.34. The standard InChI is InChI=1S/C4H7O2.Na/c1-3-4(5)6-2;/h1,3H2,2H3;/q-1;+1. The maximum atomic E-state index is 9.90.